The minimum Gasteiger partial charge on any atom is -0.272 e. The molecule has 0 amide bonds. The van der Waals surface area contributed by atoms with Crippen molar-refractivity contribution < 1.29 is 21.7 Å². The monoisotopic (exact) mass is 481 g/mol. The van der Waals surface area contributed by atoms with Crippen molar-refractivity contribution in [1.82, 2.24) is 0 Å². The fourth-order valence-corrected chi connectivity index (χ4v) is 7.79. The van der Waals surface area contributed by atoms with Crippen molar-refractivity contribution in [1.29, 1.82) is 0 Å². The molecule has 0 saturated carbocycles. The number of unbranched alkanes of at least 4 members (excludes halogenated alkanes) is 6. The van der Waals surface area contributed by atoms with Crippen molar-refractivity contribution in [2.75, 3.05) is 18.5 Å². The smallest absolute Gasteiger partial charge is 0.0425 e. The van der Waals surface area contributed by atoms with Crippen molar-refractivity contribution in [3.63, 3.8) is 0 Å². The molecule has 0 fully saturated rings. The van der Waals surface area contributed by atoms with E-state index in [1.165, 1.54) is 93.1 Å². The van der Waals surface area contributed by atoms with E-state index in [-0.39, 0.29) is 21.7 Å². The summed E-state index contributed by atoms with van der Waals surface area (Å²) in [5.41, 5.74) is 4.11. The van der Waals surface area contributed by atoms with Crippen LogP contribution in [-0.4, -0.2) is 18.5 Å². The van der Waals surface area contributed by atoms with Gasteiger partial charge in [0.2, 0.25) is 0 Å². The summed E-state index contributed by atoms with van der Waals surface area (Å²) in [6, 6.07) is 0. The molecule has 178 valence electrons. The SMILES string of the molecule is CC=C(C)C(C)=CC.CCCCCP(CCCCC)(CCCCC)=NC1=CC=CC1.[Ti]. The van der Waals surface area contributed by atoms with Gasteiger partial charge >= 0.3 is 0 Å². The molecule has 0 saturated heterocycles. The maximum atomic E-state index is 5.43. The normalized spacial score (nSPS) is 14.0. The van der Waals surface area contributed by atoms with Gasteiger partial charge in [-0.25, -0.2) is 0 Å². The van der Waals surface area contributed by atoms with Gasteiger partial charge in [-0.05, 0) is 78.6 Å². The maximum absolute atomic E-state index is 5.43. The zero-order chi connectivity index (χ0) is 22.7. The van der Waals surface area contributed by atoms with Crippen LogP contribution in [0.15, 0.2) is 52.0 Å². The third-order valence-corrected chi connectivity index (χ3v) is 10.2. The van der Waals surface area contributed by atoms with Gasteiger partial charge in [-0.15, -0.1) is 0 Å². The van der Waals surface area contributed by atoms with Crippen LogP contribution in [-0.2, 0) is 21.7 Å². The van der Waals surface area contributed by atoms with Crippen LogP contribution in [0.2, 0.25) is 0 Å². The minimum absolute atomic E-state index is 0. The zero-order valence-electron chi connectivity index (χ0n) is 22.0. The van der Waals surface area contributed by atoms with Gasteiger partial charge in [0.25, 0.3) is 0 Å². The third-order valence-electron chi connectivity index (χ3n) is 6.11. The van der Waals surface area contributed by atoms with Crippen molar-refractivity contribution in [3.8, 4) is 0 Å². The van der Waals surface area contributed by atoms with Crippen LogP contribution < -0.4 is 0 Å². The molecule has 0 radical (unpaired) electrons. The molecule has 0 bridgehead atoms. The van der Waals surface area contributed by atoms with Crippen LogP contribution in [0.5, 0.6) is 0 Å². The molecule has 1 rings (SSSR count). The Labute approximate surface area is 211 Å². The van der Waals surface area contributed by atoms with Crippen LogP contribution in [0, 0.1) is 0 Å². The molecular weight excluding hydrogens is 429 g/mol. The molecule has 1 nitrogen and oxygen atoms in total. The van der Waals surface area contributed by atoms with Gasteiger partial charge in [-0.1, -0.05) is 94.7 Å². The van der Waals surface area contributed by atoms with Gasteiger partial charge in [-0.3, -0.25) is 4.74 Å². The average molecular weight is 482 g/mol. The van der Waals surface area contributed by atoms with E-state index in [0.29, 0.717) is 0 Å². The number of hydrogen-bond acceptors (Lipinski definition) is 1. The Hall–Kier alpha value is -0.0957. The van der Waals surface area contributed by atoms with Crippen LogP contribution in [0.1, 0.15) is 113 Å². The molecule has 31 heavy (non-hydrogen) atoms. The summed E-state index contributed by atoms with van der Waals surface area (Å²) < 4.78 is 5.43. The summed E-state index contributed by atoms with van der Waals surface area (Å²) >= 11 is 0. The van der Waals surface area contributed by atoms with Crippen LogP contribution >= 0.6 is 7.05 Å². The van der Waals surface area contributed by atoms with Crippen LogP contribution in [0.25, 0.3) is 0 Å². The third kappa shape index (κ3) is 16.2. The molecule has 0 N–H and O–H groups in total. The van der Waals surface area contributed by atoms with Gasteiger partial charge in [-0.2, -0.15) is 0 Å². The Morgan fingerprint density at radius 2 is 1.23 bits per heavy atom. The first kappa shape index (κ1) is 33.1. The second kappa shape index (κ2) is 21.7. The standard InChI is InChI=1S/C20H38NP.C8H14.Ti/c1-4-7-12-17-22(18-13-8-5-2,19-14-9-6-3)21-20-15-10-11-16-20;1-5-7(3)8(4)6-2;/h10-11,15H,4-9,12-14,16-19H2,1-3H3;5-6H,1-4H3;. The molecule has 1 aliphatic carbocycles. The fraction of sp³-hybridized carbons (Fsp3) is 0.714. The number of allylic oxidation sites excluding steroid dienone is 7. The average Bonchev–Trinajstić information content (AvgIpc) is 3.26. The molecule has 0 spiro atoms. The molecule has 0 aromatic carbocycles. The topological polar surface area (TPSA) is 12.4 Å². The maximum Gasteiger partial charge on any atom is 0.0425 e. The van der Waals surface area contributed by atoms with Crippen LogP contribution in [0.3, 0.4) is 0 Å². The van der Waals surface area contributed by atoms with Gasteiger partial charge in [0.15, 0.2) is 0 Å². The Morgan fingerprint density at radius 1 is 0.806 bits per heavy atom. The van der Waals surface area contributed by atoms with Crippen molar-refractivity contribution in [2.45, 2.75) is 113 Å². The van der Waals surface area contributed by atoms with E-state index in [9.17, 15) is 0 Å². The number of nitrogens with zero attached hydrogens (tertiary/aromatic N) is 1. The van der Waals surface area contributed by atoms with Gasteiger partial charge in [0.05, 0.1) is 0 Å². The minimum atomic E-state index is -1.12. The molecule has 3 heteroatoms. The van der Waals surface area contributed by atoms with E-state index in [2.05, 4.69) is 78.8 Å². The van der Waals surface area contributed by atoms with Crippen molar-refractivity contribution in [3.05, 3.63) is 47.2 Å². The van der Waals surface area contributed by atoms with Gasteiger partial charge in [0.1, 0.15) is 0 Å². The second-order valence-electron chi connectivity index (χ2n) is 8.72. The first-order valence-corrected chi connectivity index (χ1v) is 15.0. The summed E-state index contributed by atoms with van der Waals surface area (Å²) in [6.07, 6.45) is 28.6. The van der Waals surface area contributed by atoms with Crippen molar-refractivity contribution >= 4 is 7.05 Å². The molecule has 0 atom stereocenters. The predicted molar refractivity (Wildman–Crippen MR) is 143 cm³/mol. The van der Waals surface area contributed by atoms with Gasteiger partial charge < -0.3 is 0 Å². The Bertz CT molecular complexity index is 561. The van der Waals surface area contributed by atoms with Crippen molar-refractivity contribution in [2.24, 2.45) is 4.74 Å². The first-order valence-electron chi connectivity index (χ1n) is 12.7. The largest absolute Gasteiger partial charge is 0.272 e. The summed E-state index contributed by atoms with van der Waals surface area (Å²) in [5.74, 6) is 0. The number of rotatable bonds is 14. The summed E-state index contributed by atoms with van der Waals surface area (Å²) in [5, 5.41) is 0. The fourth-order valence-electron chi connectivity index (χ4n) is 3.69. The summed E-state index contributed by atoms with van der Waals surface area (Å²) in [6.45, 7) is 15.3. The predicted octanol–water partition coefficient (Wildman–Crippen LogP) is 10.5. The van der Waals surface area contributed by atoms with E-state index in [1.54, 1.807) is 0 Å². The van der Waals surface area contributed by atoms with E-state index in [1.807, 2.05) is 0 Å². The molecule has 0 aromatic heterocycles. The Morgan fingerprint density at radius 3 is 1.52 bits per heavy atom. The molecule has 1 aliphatic rings. The van der Waals surface area contributed by atoms with E-state index >= 15 is 0 Å². The van der Waals surface area contributed by atoms with Gasteiger partial charge in [0, 0.05) is 33.8 Å². The quantitative estimate of drug-likeness (QED) is 0.101. The first-order chi connectivity index (χ1) is 14.5. The molecule has 0 heterocycles. The molecule has 0 unspecified atom stereocenters. The van der Waals surface area contributed by atoms with E-state index in [4.69, 9.17) is 4.74 Å². The number of hydrogen-bond donors (Lipinski definition) is 0. The summed E-state index contributed by atoms with van der Waals surface area (Å²) in [7, 11) is -1.12. The van der Waals surface area contributed by atoms with E-state index in [0.717, 1.165) is 6.42 Å². The second-order valence-corrected chi connectivity index (χ2v) is 12.5. The van der Waals surface area contributed by atoms with Crippen LogP contribution in [0.4, 0.5) is 0 Å². The molecule has 0 aliphatic heterocycles. The summed E-state index contributed by atoms with van der Waals surface area (Å²) in [4.78, 5) is 0. The zero-order valence-corrected chi connectivity index (χ0v) is 24.4. The molecule has 0 aromatic rings. The van der Waals surface area contributed by atoms with E-state index < -0.39 is 7.05 Å². The molecular formula is C28H52NPTi. The Kier molecular flexibility index (Phi) is 23.2. The Balaban J connectivity index is 0.